The minimum atomic E-state index is -1.48. The monoisotopic (exact) mass is 637 g/mol. The first-order valence-corrected chi connectivity index (χ1v) is 15.5. The quantitative estimate of drug-likeness (QED) is 0.331. The second kappa shape index (κ2) is 12.9. The molecule has 0 spiro atoms. The molecule has 250 valence electrons. The van der Waals surface area contributed by atoms with Crippen molar-refractivity contribution in [1.82, 2.24) is 25.4 Å². The van der Waals surface area contributed by atoms with Crippen molar-refractivity contribution in [3.05, 3.63) is 48.7 Å². The minimum absolute atomic E-state index is 0.0319. The van der Waals surface area contributed by atoms with Gasteiger partial charge in [-0.1, -0.05) is 39.0 Å². The van der Waals surface area contributed by atoms with Crippen LogP contribution in [0.15, 0.2) is 43.0 Å². The minimum Gasteiger partial charge on any atom is -0.488 e. The number of rotatable bonds is 10. The van der Waals surface area contributed by atoms with Crippen molar-refractivity contribution in [2.75, 3.05) is 20.6 Å². The number of carboxylic acids is 1. The Morgan fingerprint density at radius 2 is 1.85 bits per heavy atom. The predicted molar refractivity (Wildman–Crippen MR) is 173 cm³/mol. The number of hydrogen-bond donors (Lipinski definition) is 3. The molecule has 5 atom stereocenters. The summed E-state index contributed by atoms with van der Waals surface area (Å²) in [5.41, 5.74) is -1.49. The van der Waals surface area contributed by atoms with Gasteiger partial charge in [0.25, 0.3) is 0 Å². The molecule has 0 radical (unpaired) electrons. The van der Waals surface area contributed by atoms with Gasteiger partial charge in [-0.3, -0.25) is 14.6 Å². The highest BCUT2D eigenvalue weighted by atomic mass is 16.6. The molecular formula is C34H47N5O7. The van der Waals surface area contributed by atoms with Gasteiger partial charge in [-0.2, -0.15) is 0 Å². The average Bonchev–Trinajstić information content (AvgIpc) is 3.49. The molecule has 1 saturated carbocycles. The molecule has 46 heavy (non-hydrogen) atoms. The van der Waals surface area contributed by atoms with Crippen molar-refractivity contribution in [1.29, 1.82) is 0 Å². The number of carboxylic acid groups (broad SMARTS) is 1. The van der Waals surface area contributed by atoms with E-state index in [-0.39, 0.29) is 19.4 Å². The van der Waals surface area contributed by atoms with Gasteiger partial charge in [-0.15, -0.1) is 6.58 Å². The number of nitrogens with zero attached hydrogens (tertiary/aromatic N) is 3. The summed E-state index contributed by atoms with van der Waals surface area (Å²) in [6, 6.07) is 7.33. The molecule has 12 nitrogen and oxygen atoms in total. The van der Waals surface area contributed by atoms with Crippen molar-refractivity contribution >= 4 is 34.8 Å². The molecule has 1 aromatic carbocycles. The molecule has 1 aromatic heterocycles. The zero-order valence-electron chi connectivity index (χ0n) is 28.0. The second-order valence-electron chi connectivity index (χ2n) is 14.6. The van der Waals surface area contributed by atoms with Gasteiger partial charge in [0.15, 0.2) is 0 Å². The van der Waals surface area contributed by atoms with Crippen molar-refractivity contribution < 1.29 is 33.8 Å². The van der Waals surface area contributed by atoms with E-state index in [2.05, 4.69) is 17.2 Å². The van der Waals surface area contributed by atoms with Gasteiger partial charge in [0.1, 0.15) is 35.1 Å². The number of carbonyl (C=O) groups is 4. The number of hydrogen-bond acceptors (Lipinski definition) is 8. The molecular weight excluding hydrogens is 590 g/mol. The van der Waals surface area contributed by atoms with Gasteiger partial charge < -0.3 is 35.0 Å². The lowest BCUT2D eigenvalue weighted by molar-refractivity contribution is -0.146. The molecule has 3 amide bonds. The van der Waals surface area contributed by atoms with E-state index in [1.807, 2.05) is 49.3 Å². The van der Waals surface area contributed by atoms with E-state index in [0.29, 0.717) is 12.3 Å². The third kappa shape index (κ3) is 7.78. The summed E-state index contributed by atoms with van der Waals surface area (Å²) in [5.74, 6) is -2.13. The Labute approximate surface area is 270 Å². The Balaban J connectivity index is 1.68. The zero-order valence-corrected chi connectivity index (χ0v) is 28.0. The standard InChI is InChI=1S/C34H47N5O7/c1-10-20-17-34(20,30(42)43)37-28(40)25-16-22(45-26-15-21(18-38(8)9)35-24-14-12-11-13-23(24)26)19-39(25)29(41)27(32(2,3)4)36-31(44)46-33(5,6)7/h10-15,20,22,25,27H,1,16-19H2,2-9H3,(H,36,44)(H,37,40)(H,42,43)/t20-,22+,25-,27+,34?/m0/s1. The molecule has 2 aromatic rings. The maximum atomic E-state index is 14.3. The fraction of sp³-hybridized carbons (Fsp3) is 0.559. The van der Waals surface area contributed by atoms with Crippen LogP contribution in [0.4, 0.5) is 4.79 Å². The Morgan fingerprint density at radius 3 is 2.41 bits per heavy atom. The summed E-state index contributed by atoms with van der Waals surface area (Å²) in [6.07, 6.45) is 0.449. The maximum absolute atomic E-state index is 14.3. The largest absolute Gasteiger partial charge is 0.488 e. The van der Waals surface area contributed by atoms with E-state index < -0.39 is 64.5 Å². The van der Waals surface area contributed by atoms with E-state index in [0.717, 1.165) is 16.6 Å². The van der Waals surface area contributed by atoms with Crippen LogP contribution in [-0.4, -0.2) is 93.7 Å². The van der Waals surface area contributed by atoms with Gasteiger partial charge in [-0.05, 0) is 58.8 Å². The number of carbonyl (C=O) groups excluding carboxylic acids is 3. The first-order valence-electron chi connectivity index (χ1n) is 15.5. The van der Waals surface area contributed by atoms with E-state index in [1.54, 1.807) is 41.5 Å². The number of alkyl carbamates (subject to hydrolysis) is 1. The summed E-state index contributed by atoms with van der Waals surface area (Å²) in [7, 11) is 3.89. The van der Waals surface area contributed by atoms with E-state index in [4.69, 9.17) is 14.5 Å². The molecule has 1 aliphatic carbocycles. The van der Waals surface area contributed by atoms with Crippen molar-refractivity contribution in [3.8, 4) is 5.75 Å². The van der Waals surface area contributed by atoms with Crippen LogP contribution in [0.3, 0.4) is 0 Å². The number of pyridine rings is 1. The molecule has 2 fully saturated rings. The highest BCUT2D eigenvalue weighted by Crippen LogP contribution is 2.45. The maximum Gasteiger partial charge on any atom is 0.408 e. The molecule has 4 rings (SSSR count). The van der Waals surface area contributed by atoms with Crippen LogP contribution in [0.25, 0.3) is 10.9 Å². The Hall–Kier alpha value is -4.19. The second-order valence-corrected chi connectivity index (χ2v) is 14.6. The SMILES string of the molecule is C=C[C@H]1CC1(NC(=O)[C@@H]1C[C@@H](Oc2cc(CN(C)C)nc3ccccc23)CN1C(=O)[C@@H](NC(=O)OC(C)(C)C)C(C)(C)C)C(=O)O. The highest BCUT2D eigenvalue weighted by Gasteiger charge is 2.61. The summed E-state index contributed by atoms with van der Waals surface area (Å²) < 4.78 is 12.0. The lowest BCUT2D eigenvalue weighted by Crippen LogP contribution is -2.59. The van der Waals surface area contributed by atoms with Gasteiger partial charge in [-0.25, -0.2) is 9.59 Å². The molecule has 1 unspecified atom stereocenters. The number of aliphatic carboxylic acids is 1. The summed E-state index contributed by atoms with van der Waals surface area (Å²) in [6.45, 7) is 14.9. The van der Waals surface area contributed by atoms with Gasteiger partial charge in [0.2, 0.25) is 11.8 Å². The van der Waals surface area contributed by atoms with Crippen molar-refractivity contribution in [2.24, 2.45) is 11.3 Å². The first-order chi connectivity index (χ1) is 21.3. The number of nitrogens with one attached hydrogen (secondary N) is 2. The fourth-order valence-corrected chi connectivity index (χ4v) is 5.81. The summed E-state index contributed by atoms with van der Waals surface area (Å²) in [5, 5.41) is 16.2. The molecule has 2 aliphatic rings. The van der Waals surface area contributed by atoms with Crippen LogP contribution in [0, 0.1) is 11.3 Å². The molecule has 0 bridgehead atoms. The molecule has 12 heteroatoms. The third-order valence-corrected chi connectivity index (χ3v) is 8.15. The first kappa shape index (κ1) is 34.7. The lowest BCUT2D eigenvalue weighted by atomic mass is 9.85. The number of para-hydroxylation sites is 1. The number of ether oxygens (including phenoxy) is 2. The number of benzene rings is 1. The van der Waals surface area contributed by atoms with Crippen molar-refractivity contribution in [3.63, 3.8) is 0 Å². The Morgan fingerprint density at radius 1 is 1.17 bits per heavy atom. The average molecular weight is 638 g/mol. The topological polar surface area (TPSA) is 150 Å². The van der Waals surface area contributed by atoms with Gasteiger partial charge >= 0.3 is 12.1 Å². The Kier molecular flexibility index (Phi) is 9.72. The fourth-order valence-electron chi connectivity index (χ4n) is 5.81. The van der Waals surface area contributed by atoms with Crippen LogP contribution in [0.5, 0.6) is 5.75 Å². The summed E-state index contributed by atoms with van der Waals surface area (Å²) in [4.78, 5) is 61.3. The number of amides is 3. The van der Waals surface area contributed by atoms with Gasteiger partial charge in [0, 0.05) is 30.3 Å². The lowest BCUT2D eigenvalue weighted by Gasteiger charge is -2.35. The molecule has 1 saturated heterocycles. The zero-order chi connectivity index (χ0) is 34.2. The van der Waals surface area contributed by atoms with Crippen LogP contribution < -0.4 is 15.4 Å². The van der Waals surface area contributed by atoms with Gasteiger partial charge in [0.05, 0.1) is 17.8 Å². The van der Waals surface area contributed by atoms with E-state index in [1.165, 1.54) is 11.0 Å². The van der Waals surface area contributed by atoms with Crippen LogP contribution in [-0.2, 0) is 25.7 Å². The summed E-state index contributed by atoms with van der Waals surface area (Å²) >= 11 is 0. The number of aromatic nitrogens is 1. The third-order valence-electron chi connectivity index (χ3n) is 8.15. The van der Waals surface area contributed by atoms with E-state index >= 15 is 0 Å². The predicted octanol–water partition coefficient (Wildman–Crippen LogP) is 3.73. The highest BCUT2D eigenvalue weighted by molar-refractivity contribution is 5.96. The molecule has 1 aliphatic heterocycles. The molecule has 3 N–H and O–H groups in total. The van der Waals surface area contributed by atoms with Crippen LogP contribution in [0.2, 0.25) is 0 Å². The number of fused-ring (bicyclic) bond motifs is 1. The van der Waals surface area contributed by atoms with Crippen LogP contribution >= 0.6 is 0 Å². The van der Waals surface area contributed by atoms with Crippen LogP contribution in [0.1, 0.15) is 60.1 Å². The van der Waals surface area contributed by atoms with Crippen molar-refractivity contribution in [2.45, 2.75) is 90.3 Å². The number of likely N-dealkylation sites (tertiary alicyclic amines) is 1. The normalized spacial score (nSPS) is 23.5. The molecule has 2 heterocycles. The smallest absolute Gasteiger partial charge is 0.408 e. The Bertz CT molecular complexity index is 1510. The van der Waals surface area contributed by atoms with E-state index in [9.17, 15) is 24.3 Å².